The van der Waals surface area contributed by atoms with Crippen LogP contribution >= 0.6 is 0 Å². The minimum atomic E-state index is -3.72. The second-order valence-electron chi connectivity index (χ2n) is 6.80. The zero-order chi connectivity index (χ0) is 19.1. The maximum Gasteiger partial charge on any atom is 0.253 e. The second-order valence-corrected chi connectivity index (χ2v) is 8.66. The molecule has 0 aliphatic carbocycles. The van der Waals surface area contributed by atoms with Gasteiger partial charge in [-0.15, -0.1) is 0 Å². The highest BCUT2D eigenvalue weighted by Gasteiger charge is 2.42. The summed E-state index contributed by atoms with van der Waals surface area (Å²) in [7, 11) is -3.72. The van der Waals surface area contributed by atoms with Gasteiger partial charge in [0, 0.05) is 24.6 Å². The Morgan fingerprint density at radius 2 is 1.85 bits per heavy atom. The third-order valence-electron chi connectivity index (χ3n) is 4.87. The number of sulfonamides is 1. The van der Waals surface area contributed by atoms with Crippen LogP contribution in [0, 0.1) is 11.8 Å². The molecule has 2 saturated heterocycles. The number of rotatable bonds is 3. The molecule has 140 valence electrons. The fourth-order valence-electron chi connectivity index (χ4n) is 3.40. The highest BCUT2D eigenvalue weighted by molar-refractivity contribution is 7.94. The predicted octanol–water partition coefficient (Wildman–Crippen LogP) is 0.337. The second kappa shape index (κ2) is 6.71. The van der Waals surface area contributed by atoms with Gasteiger partial charge in [0.05, 0.1) is 17.4 Å². The molecular weight excluding hydrogens is 358 g/mol. The largest absolute Gasteiger partial charge is 0.369 e. The van der Waals surface area contributed by atoms with E-state index in [4.69, 9.17) is 5.73 Å². The predicted molar refractivity (Wildman–Crippen MR) is 94.7 cm³/mol. The fraction of sp³-hybridized carbons (Fsp3) is 0.471. The molecule has 1 aromatic carbocycles. The number of primary amides is 1. The summed E-state index contributed by atoms with van der Waals surface area (Å²) in [6.45, 7) is 2.39. The Hall–Kier alpha value is -2.42. The van der Waals surface area contributed by atoms with Gasteiger partial charge in [-0.1, -0.05) is 13.0 Å². The van der Waals surface area contributed by atoms with Crippen molar-refractivity contribution in [1.82, 2.24) is 4.90 Å². The van der Waals surface area contributed by atoms with Gasteiger partial charge < -0.3 is 10.6 Å². The Morgan fingerprint density at radius 3 is 2.38 bits per heavy atom. The number of likely N-dealkylation sites (tertiary alicyclic amines) is 1. The Balaban J connectivity index is 1.81. The van der Waals surface area contributed by atoms with Crippen LogP contribution in [0.3, 0.4) is 0 Å². The highest BCUT2D eigenvalue weighted by Crippen LogP contribution is 2.29. The number of hydrogen-bond acceptors (Lipinski definition) is 5. The van der Waals surface area contributed by atoms with E-state index in [1.165, 1.54) is 12.1 Å². The Labute approximate surface area is 152 Å². The number of amides is 3. The normalized spacial score (nSPS) is 23.3. The van der Waals surface area contributed by atoms with Gasteiger partial charge in [0.2, 0.25) is 21.8 Å². The molecule has 0 bridgehead atoms. The minimum absolute atomic E-state index is 0.178. The zero-order valence-electron chi connectivity index (χ0n) is 14.4. The Morgan fingerprint density at radius 1 is 1.19 bits per heavy atom. The van der Waals surface area contributed by atoms with Gasteiger partial charge in [0.25, 0.3) is 5.91 Å². The molecule has 0 saturated carbocycles. The molecule has 1 aromatic rings. The Bertz CT molecular complexity index is 859. The average molecular weight is 379 g/mol. The first kappa shape index (κ1) is 18.4. The molecule has 2 heterocycles. The van der Waals surface area contributed by atoms with E-state index in [0.717, 1.165) is 4.31 Å². The molecule has 1 atom stereocenters. The number of nitrogens with zero attached hydrogens (tertiary/aromatic N) is 2. The van der Waals surface area contributed by atoms with E-state index in [9.17, 15) is 22.8 Å². The highest BCUT2D eigenvalue weighted by atomic mass is 32.2. The molecule has 0 radical (unpaired) electrons. The standard InChI is InChI=1S/C17H21N3O5S/c1-11-10-26(24,25)20(16(11)22)14-4-2-3-13(9-14)17(23)19-7-5-12(6-8-19)15(18)21/h2-4,9,11-12H,5-8,10H2,1H3,(H2,18,21)/t11-/m0/s1. The minimum Gasteiger partial charge on any atom is -0.369 e. The van der Waals surface area contributed by atoms with Crippen LogP contribution in [0.1, 0.15) is 30.1 Å². The molecule has 3 rings (SSSR count). The fourth-order valence-corrected chi connectivity index (χ4v) is 5.21. The lowest BCUT2D eigenvalue weighted by Crippen LogP contribution is -2.41. The lowest BCUT2D eigenvalue weighted by Gasteiger charge is -2.30. The number of benzene rings is 1. The molecule has 2 N–H and O–H groups in total. The van der Waals surface area contributed by atoms with Gasteiger partial charge in [-0.3, -0.25) is 14.4 Å². The molecule has 26 heavy (non-hydrogen) atoms. The monoisotopic (exact) mass is 379 g/mol. The van der Waals surface area contributed by atoms with Crippen molar-refractivity contribution < 1.29 is 22.8 Å². The molecule has 3 amide bonds. The van der Waals surface area contributed by atoms with Crippen molar-refractivity contribution >= 4 is 33.4 Å². The van der Waals surface area contributed by atoms with Crippen molar-refractivity contribution in [2.45, 2.75) is 19.8 Å². The summed E-state index contributed by atoms with van der Waals surface area (Å²) in [5.74, 6) is -2.16. The summed E-state index contributed by atoms with van der Waals surface area (Å²) in [6, 6.07) is 6.08. The molecule has 0 aromatic heterocycles. The molecule has 0 spiro atoms. The van der Waals surface area contributed by atoms with E-state index in [2.05, 4.69) is 0 Å². The number of carbonyl (C=O) groups excluding carboxylic acids is 3. The number of nitrogens with two attached hydrogens (primary N) is 1. The summed E-state index contributed by atoms with van der Waals surface area (Å²) in [5.41, 5.74) is 5.79. The first-order valence-corrected chi connectivity index (χ1v) is 10.1. The van der Waals surface area contributed by atoms with Crippen LogP contribution in [-0.4, -0.2) is 49.9 Å². The number of piperidine rings is 1. The number of hydrogen-bond donors (Lipinski definition) is 1. The van der Waals surface area contributed by atoms with Crippen LogP contribution in [0.2, 0.25) is 0 Å². The molecule has 0 unspecified atom stereocenters. The van der Waals surface area contributed by atoms with Gasteiger partial charge in [-0.05, 0) is 31.0 Å². The quantitative estimate of drug-likeness (QED) is 0.812. The summed E-state index contributed by atoms with van der Waals surface area (Å²) in [5, 5.41) is 0. The van der Waals surface area contributed by atoms with Crippen LogP contribution in [0.15, 0.2) is 24.3 Å². The van der Waals surface area contributed by atoms with Crippen LogP contribution in [-0.2, 0) is 19.6 Å². The maximum atomic E-state index is 12.7. The smallest absolute Gasteiger partial charge is 0.253 e. The van der Waals surface area contributed by atoms with E-state index >= 15 is 0 Å². The summed E-state index contributed by atoms with van der Waals surface area (Å²) >= 11 is 0. The molecule has 9 heteroatoms. The van der Waals surface area contributed by atoms with E-state index in [1.807, 2.05) is 0 Å². The van der Waals surface area contributed by atoms with Crippen molar-refractivity contribution in [1.29, 1.82) is 0 Å². The van der Waals surface area contributed by atoms with Crippen LogP contribution in [0.4, 0.5) is 5.69 Å². The van der Waals surface area contributed by atoms with Crippen molar-refractivity contribution in [3.8, 4) is 0 Å². The number of carbonyl (C=O) groups is 3. The summed E-state index contributed by atoms with van der Waals surface area (Å²) < 4.78 is 25.2. The SMILES string of the molecule is C[C@H]1CS(=O)(=O)N(c2cccc(C(=O)N3CCC(C(N)=O)CC3)c2)C1=O. The van der Waals surface area contributed by atoms with E-state index < -0.39 is 21.8 Å². The van der Waals surface area contributed by atoms with Crippen molar-refractivity contribution in [3.63, 3.8) is 0 Å². The first-order chi connectivity index (χ1) is 12.2. The zero-order valence-corrected chi connectivity index (χ0v) is 15.2. The lowest BCUT2D eigenvalue weighted by atomic mass is 9.96. The van der Waals surface area contributed by atoms with E-state index in [0.29, 0.717) is 31.5 Å². The number of anilines is 1. The maximum absolute atomic E-state index is 12.7. The van der Waals surface area contributed by atoms with Gasteiger partial charge in [-0.2, -0.15) is 0 Å². The average Bonchev–Trinajstić information content (AvgIpc) is 2.81. The van der Waals surface area contributed by atoms with Crippen molar-refractivity contribution in [3.05, 3.63) is 29.8 Å². The third-order valence-corrected chi connectivity index (χ3v) is 6.74. The molecular formula is C17H21N3O5S. The molecule has 2 fully saturated rings. The topological polar surface area (TPSA) is 118 Å². The first-order valence-electron chi connectivity index (χ1n) is 8.46. The van der Waals surface area contributed by atoms with Crippen molar-refractivity contribution in [2.24, 2.45) is 17.6 Å². The van der Waals surface area contributed by atoms with E-state index in [-0.39, 0.29) is 29.2 Å². The van der Waals surface area contributed by atoms with Gasteiger partial charge in [-0.25, -0.2) is 12.7 Å². The molecule has 8 nitrogen and oxygen atoms in total. The van der Waals surface area contributed by atoms with E-state index in [1.54, 1.807) is 24.0 Å². The third kappa shape index (κ3) is 3.31. The molecule has 2 aliphatic rings. The van der Waals surface area contributed by atoms with Gasteiger partial charge in [0.1, 0.15) is 0 Å². The summed E-state index contributed by atoms with van der Waals surface area (Å²) in [4.78, 5) is 37.8. The summed E-state index contributed by atoms with van der Waals surface area (Å²) in [6.07, 6.45) is 1.02. The van der Waals surface area contributed by atoms with Crippen molar-refractivity contribution in [2.75, 3.05) is 23.1 Å². The van der Waals surface area contributed by atoms with Crippen LogP contribution in [0.5, 0.6) is 0 Å². The van der Waals surface area contributed by atoms with Gasteiger partial charge >= 0.3 is 0 Å². The molecule has 2 aliphatic heterocycles. The lowest BCUT2D eigenvalue weighted by molar-refractivity contribution is -0.123. The van der Waals surface area contributed by atoms with Crippen LogP contribution < -0.4 is 10.0 Å². The van der Waals surface area contributed by atoms with Gasteiger partial charge in [0.15, 0.2) is 0 Å². The van der Waals surface area contributed by atoms with Crippen LogP contribution in [0.25, 0.3) is 0 Å². The Kier molecular flexibility index (Phi) is 4.74.